The van der Waals surface area contributed by atoms with Crippen LogP contribution < -0.4 is 5.32 Å². The van der Waals surface area contributed by atoms with E-state index in [0.717, 1.165) is 24.9 Å². The Morgan fingerprint density at radius 2 is 2.15 bits per heavy atom. The third kappa shape index (κ3) is 2.36. The lowest BCUT2D eigenvalue weighted by atomic mass is 9.94. The number of piperidine rings is 1. The summed E-state index contributed by atoms with van der Waals surface area (Å²) in [6.07, 6.45) is 2.12. The van der Waals surface area contributed by atoms with Gasteiger partial charge in [-0.2, -0.15) is 4.31 Å². The molecule has 0 radical (unpaired) electrons. The molecular weight excluding hydrogens is 279 g/mol. The topological polar surface area (TPSA) is 49.4 Å². The van der Waals surface area contributed by atoms with Crippen molar-refractivity contribution in [1.82, 2.24) is 9.62 Å². The number of halogens is 1. The normalized spacial score (nSPS) is 27.5. The van der Waals surface area contributed by atoms with Crippen molar-refractivity contribution in [2.75, 3.05) is 19.6 Å². The van der Waals surface area contributed by atoms with Crippen LogP contribution in [0.4, 0.5) is 4.39 Å². The molecule has 1 N–H and O–H groups in total. The molecule has 0 spiro atoms. The molecule has 1 aromatic rings. The largest absolute Gasteiger partial charge is 0.312 e. The average Bonchev–Trinajstić information content (AvgIpc) is 2.86. The molecule has 0 saturated carbocycles. The van der Waals surface area contributed by atoms with Crippen molar-refractivity contribution in [1.29, 1.82) is 0 Å². The molecule has 2 fully saturated rings. The fraction of sp³-hybridized carbons (Fsp3) is 0.571. The Balaban J connectivity index is 1.91. The van der Waals surface area contributed by atoms with E-state index in [1.54, 1.807) is 13.0 Å². The van der Waals surface area contributed by atoms with Gasteiger partial charge in [0.1, 0.15) is 10.7 Å². The predicted molar refractivity (Wildman–Crippen MR) is 74.4 cm³/mol. The number of hydrogen-bond donors (Lipinski definition) is 1. The minimum Gasteiger partial charge on any atom is -0.312 e. The number of hydrogen-bond acceptors (Lipinski definition) is 3. The molecule has 0 bridgehead atoms. The van der Waals surface area contributed by atoms with E-state index in [4.69, 9.17) is 0 Å². The van der Waals surface area contributed by atoms with Gasteiger partial charge in [0.15, 0.2) is 0 Å². The van der Waals surface area contributed by atoms with E-state index < -0.39 is 15.8 Å². The summed E-state index contributed by atoms with van der Waals surface area (Å²) >= 11 is 0. The molecule has 110 valence electrons. The summed E-state index contributed by atoms with van der Waals surface area (Å²) in [4.78, 5) is -0.198. The molecule has 20 heavy (non-hydrogen) atoms. The van der Waals surface area contributed by atoms with Crippen molar-refractivity contribution in [3.63, 3.8) is 0 Å². The van der Waals surface area contributed by atoms with Gasteiger partial charge in [-0.25, -0.2) is 12.8 Å². The fourth-order valence-electron chi connectivity index (χ4n) is 3.15. The van der Waals surface area contributed by atoms with E-state index in [9.17, 15) is 12.8 Å². The summed E-state index contributed by atoms with van der Waals surface area (Å²) in [5.41, 5.74) is 0.750. The Morgan fingerprint density at radius 1 is 1.35 bits per heavy atom. The van der Waals surface area contributed by atoms with Gasteiger partial charge in [-0.15, -0.1) is 0 Å². The van der Waals surface area contributed by atoms with Gasteiger partial charge >= 0.3 is 0 Å². The first kappa shape index (κ1) is 14.0. The lowest BCUT2D eigenvalue weighted by molar-refractivity contribution is 0.339. The predicted octanol–water partition coefficient (Wildman–Crippen LogP) is 1.51. The Hall–Kier alpha value is -0.980. The second kappa shape index (κ2) is 5.09. The van der Waals surface area contributed by atoms with Gasteiger partial charge in [0.05, 0.1) is 0 Å². The van der Waals surface area contributed by atoms with Crippen molar-refractivity contribution in [3.05, 3.63) is 29.6 Å². The molecule has 2 atom stereocenters. The number of nitrogens with one attached hydrogen (secondary N) is 1. The highest BCUT2D eigenvalue weighted by Gasteiger charge is 2.40. The third-order valence-electron chi connectivity index (χ3n) is 4.27. The standard InChI is InChI=1S/C14H19FN2O2S/c1-10-4-5-12(15)14(7-10)20(18,19)17-8-11-3-2-6-16-13(11)9-17/h4-5,7,11,13,16H,2-3,6,8-9H2,1H3/t11-,13+/m0/s1. The SMILES string of the molecule is Cc1ccc(F)c(S(=O)(=O)N2C[C@@H]3CCCN[C@@H]3C2)c1. The molecule has 4 nitrogen and oxygen atoms in total. The minimum atomic E-state index is -3.73. The van der Waals surface area contributed by atoms with E-state index in [0.29, 0.717) is 19.0 Å². The smallest absolute Gasteiger partial charge is 0.246 e. The number of nitrogens with zero attached hydrogens (tertiary/aromatic N) is 1. The van der Waals surface area contributed by atoms with Crippen LogP contribution in [0.25, 0.3) is 0 Å². The Morgan fingerprint density at radius 3 is 2.90 bits per heavy atom. The summed E-state index contributed by atoms with van der Waals surface area (Å²) < 4.78 is 40.5. The van der Waals surface area contributed by atoms with Crippen molar-refractivity contribution in [2.45, 2.75) is 30.7 Å². The zero-order chi connectivity index (χ0) is 14.3. The molecule has 2 saturated heterocycles. The summed E-state index contributed by atoms with van der Waals surface area (Å²) in [6, 6.07) is 4.44. The maximum Gasteiger partial charge on any atom is 0.246 e. The first-order valence-corrected chi connectivity index (χ1v) is 8.42. The Labute approximate surface area is 119 Å². The molecule has 2 heterocycles. The van der Waals surface area contributed by atoms with Gasteiger partial charge in [-0.3, -0.25) is 0 Å². The lowest BCUT2D eigenvalue weighted by Gasteiger charge is -2.24. The molecule has 0 unspecified atom stereocenters. The second-order valence-electron chi connectivity index (χ2n) is 5.72. The van der Waals surface area contributed by atoms with Gasteiger partial charge in [0, 0.05) is 19.1 Å². The monoisotopic (exact) mass is 298 g/mol. The van der Waals surface area contributed by atoms with Crippen LogP contribution in [-0.4, -0.2) is 38.4 Å². The third-order valence-corrected chi connectivity index (χ3v) is 6.12. The van der Waals surface area contributed by atoms with E-state index in [1.165, 1.54) is 16.4 Å². The maximum atomic E-state index is 13.9. The van der Waals surface area contributed by atoms with Crippen LogP contribution >= 0.6 is 0 Å². The lowest BCUT2D eigenvalue weighted by Crippen LogP contribution is -2.41. The number of aryl methyl sites for hydroxylation is 1. The van der Waals surface area contributed by atoms with Crippen LogP contribution in [0, 0.1) is 18.7 Å². The molecule has 3 rings (SSSR count). The second-order valence-corrected chi connectivity index (χ2v) is 7.63. The fourth-order valence-corrected chi connectivity index (χ4v) is 4.82. The van der Waals surface area contributed by atoms with E-state index >= 15 is 0 Å². The van der Waals surface area contributed by atoms with Gasteiger partial charge in [0.25, 0.3) is 0 Å². The van der Waals surface area contributed by atoms with Crippen molar-refractivity contribution in [3.8, 4) is 0 Å². The van der Waals surface area contributed by atoms with Crippen LogP contribution in [0.3, 0.4) is 0 Å². The van der Waals surface area contributed by atoms with Gasteiger partial charge in [-0.1, -0.05) is 6.07 Å². The van der Waals surface area contributed by atoms with Crippen LogP contribution in [0.15, 0.2) is 23.1 Å². The van der Waals surface area contributed by atoms with Crippen molar-refractivity contribution in [2.24, 2.45) is 5.92 Å². The van der Waals surface area contributed by atoms with Gasteiger partial charge in [-0.05, 0) is 49.9 Å². The molecule has 0 aromatic heterocycles. The first-order valence-electron chi connectivity index (χ1n) is 6.98. The molecular formula is C14H19FN2O2S. The molecule has 2 aliphatic rings. The van der Waals surface area contributed by atoms with Crippen molar-refractivity contribution < 1.29 is 12.8 Å². The molecule has 2 aliphatic heterocycles. The highest BCUT2D eigenvalue weighted by molar-refractivity contribution is 7.89. The van der Waals surface area contributed by atoms with Crippen LogP contribution in [-0.2, 0) is 10.0 Å². The number of rotatable bonds is 2. The Bertz CT molecular complexity index is 604. The number of fused-ring (bicyclic) bond motifs is 1. The quantitative estimate of drug-likeness (QED) is 0.900. The maximum absolute atomic E-state index is 13.9. The zero-order valence-electron chi connectivity index (χ0n) is 11.5. The van der Waals surface area contributed by atoms with Crippen LogP contribution in [0.5, 0.6) is 0 Å². The first-order chi connectivity index (χ1) is 9.48. The van der Waals surface area contributed by atoms with Gasteiger partial charge < -0.3 is 5.32 Å². The summed E-state index contributed by atoms with van der Waals surface area (Å²) in [5.74, 6) is -0.315. The summed E-state index contributed by atoms with van der Waals surface area (Å²) in [5, 5.41) is 3.36. The molecule has 1 aromatic carbocycles. The number of benzene rings is 1. The molecule has 0 amide bonds. The van der Waals surface area contributed by atoms with Gasteiger partial charge in [0.2, 0.25) is 10.0 Å². The number of sulfonamides is 1. The summed E-state index contributed by atoms with van der Waals surface area (Å²) in [6.45, 7) is 3.64. The minimum absolute atomic E-state index is 0.198. The van der Waals surface area contributed by atoms with E-state index in [-0.39, 0.29) is 10.9 Å². The van der Waals surface area contributed by atoms with Crippen LogP contribution in [0.2, 0.25) is 0 Å². The highest BCUT2D eigenvalue weighted by Crippen LogP contribution is 2.30. The average molecular weight is 298 g/mol. The van der Waals surface area contributed by atoms with E-state index in [2.05, 4.69) is 5.32 Å². The zero-order valence-corrected chi connectivity index (χ0v) is 12.3. The highest BCUT2D eigenvalue weighted by atomic mass is 32.2. The summed E-state index contributed by atoms with van der Waals surface area (Å²) in [7, 11) is -3.73. The molecule has 0 aliphatic carbocycles. The van der Waals surface area contributed by atoms with E-state index in [1.807, 2.05) is 0 Å². The molecule has 6 heteroatoms. The van der Waals surface area contributed by atoms with Crippen LogP contribution in [0.1, 0.15) is 18.4 Å². The van der Waals surface area contributed by atoms with Crippen molar-refractivity contribution >= 4 is 10.0 Å². The Kier molecular flexibility index (Phi) is 3.56.